The fourth-order valence-electron chi connectivity index (χ4n) is 2.07. The van der Waals surface area contributed by atoms with Crippen LogP contribution in [-0.4, -0.2) is 12.6 Å². The molecule has 1 aromatic rings. The van der Waals surface area contributed by atoms with Crippen LogP contribution < -0.4 is 0 Å². The van der Waals surface area contributed by atoms with Crippen LogP contribution >= 0.6 is 0 Å². The predicted molar refractivity (Wildman–Crippen MR) is 70.2 cm³/mol. The fourth-order valence-corrected chi connectivity index (χ4v) is 2.07. The van der Waals surface area contributed by atoms with E-state index in [-0.39, 0.29) is 11.9 Å². The minimum absolute atomic E-state index is 0.0944. The van der Waals surface area contributed by atoms with Crippen molar-refractivity contribution in [2.45, 2.75) is 46.5 Å². The number of benzene rings is 1. The van der Waals surface area contributed by atoms with Crippen molar-refractivity contribution in [1.29, 1.82) is 0 Å². The Hall–Kier alpha value is -1.31. The second-order valence-electron chi connectivity index (χ2n) is 4.45. The molecule has 2 heteroatoms. The Bertz CT molecular complexity index is 383. The largest absolute Gasteiger partial charge is 0.466 e. The highest BCUT2D eigenvalue weighted by Crippen LogP contribution is 2.26. The lowest BCUT2D eigenvalue weighted by Crippen LogP contribution is -2.17. The molecule has 0 saturated carbocycles. The Labute approximate surface area is 104 Å². The summed E-state index contributed by atoms with van der Waals surface area (Å²) in [4.78, 5) is 12.0. The van der Waals surface area contributed by atoms with Crippen LogP contribution in [0.25, 0.3) is 0 Å². The van der Waals surface area contributed by atoms with Gasteiger partial charge in [0.25, 0.3) is 0 Å². The highest BCUT2D eigenvalue weighted by atomic mass is 16.5. The van der Waals surface area contributed by atoms with E-state index in [2.05, 4.69) is 39.0 Å². The maximum Gasteiger partial charge on any atom is 0.313 e. The molecule has 0 bridgehead atoms. The first kappa shape index (κ1) is 13.8. The molecule has 0 aromatic heterocycles. The van der Waals surface area contributed by atoms with Gasteiger partial charge >= 0.3 is 5.97 Å². The van der Waals surface area contributed by atoms with E-state index in [9.17, 15) is 4.79 Å². The smallest absolute Gasteiger partial charge is 0.313 e. The number of aryl methyl sites for hydroxylation is 2. The van der Waals surface area contributed by atoms with Crippen molar-refractivity contribution in [1.82, 2.24) is 0 Å². The summed E-state index contributed by atoms with van der Waals surface area (Å²) in [5.41, 5.74) is 3.48. The van der Waals surface area contributed by atoms with Gasteiger partial charge in [0.15, 0.2) is 0 Å². The van der Waals surface area contributed by atoms with Gasteiger partial charge in [-0.2, -0.15) is 0 Å². The number of esters is 1. The summed E-state index contributed by atoms with van der Waals surface area (Å²) in [7, 11) is 0. The van der Waals surface area contributed by atoms with Crippen molar-refractivity contribution in [3.8, 4) is 0 Å². The minimum atomic E-state index is -0.111. The van der Waals surface area contributed by atoms with Crippen LogP contribution in [0.15, 0.2) is 18.2 Å². The summed E-state index contributed by atoms with van der Waals surface area (Å²) >= 11 is 0. The molecule has 0 aliphatic rings. The second kappa shape index (κ2) is 6.43. The molecule has 0 spiro atoms. The molecule has 0 radical (unpaired) electrons. The first-order valence-corrected chi connectivity index (χ1v) is 6.33. The minimum Gasteiger partial charge on any atom is -0.466 e. The Balaban J connectivity index is 3.04. The molecule has 0 aliphatic carbocycles. The third-order valence-corrected chi connectivity index (χ3v) is 2.96. The highest BCUT2D eigenvalue weighted by Gasteiger charge is 2.22. The molecule has 2 nitrogen and oxygen atoms in total. The van der Waals surface area contributed by atoms with Gasteiger partial charge in [-0.1, -0.05) is 37.1 Å². The van der Waals surface area contributed by atoms with E-state index in [1.165, 1.54) is 11.1 Å². The van der Waals surface area contributed by atoms with Gasteiger partial charge in [-0.3, -0.25) is 4.79 Å². The Morgan fingerprint density at radius 3 is 2.59 bits per heavy atom. The monoisotopic (exact) mass is 234 g/mol. The van der Waals surface area contributed by atoms with Crippen LogP contribution in [0.5, 0.6) is 0 Å². The van der Waals surface area contributed by atoms with E-state index in [0.29, 0.717) is 6.61 Å². The van der Waals surface area contributed by atoms with Gasteiger partial charge in [-0.05, 0) is 38.3 Å². The van der Waals surface area contributed by atoms with Gasteiger partial charge in [0.1, 0.15) is 0 Å². The van der Waals surface area contributed by atoms with Crippen LogP contribution in [-0.2, 0) is 9.53 Å². The van der Waals surface area contributed by atoms with E-state index in [1.54, 1.807) is 0 Å². The molecule has 0 saturated heterocycles. The normalized spacial score (nSPS) is 12.2. The molecule has 1 aromatic carbocycles. The summed E-state index contributed by atoms with van der Waals surface area (Å²) in [5, 5.41) is 0. The van der Waals surface area contributed by atoms with Crippen molar-refractivity contribution in [3.63, 3.8) is 0 Å². The van der Waals surface area contributed by atoms with E-state index < -0.39 is 0 Å². The summed E-state index contributed by atoms with van der Waals surface area (Å²) in [6.45, 7) is 8.50. The Morgan fingerprint density at radius 1 is 1.29 bits per heavy atom. The summed E-state index contributed by atoms with van der Waals surface area (Å²) in [5.74, 6) is -0.206. The van der Waals surface area contributed by atoms with Gasteiger partial charge in [0, 0.05) is 0 Å². The summed E-state index contributed by atoms with van der Waals surface area (Å²) < 4.78 is 5.17. The van der Waals surface area contributed by atoms with Gasteiger partial charge < -0.3 is 4.74 Å². The lowest BCUT2D eigenvalue weighted by molar-refractivity contribution is -0.145. The molecule has 17 heavy (non-hydrogen) atoms. The number of hydrogen-bond acceptors (Lipinski definition) is 2. The van der Waals surface area contributed by atoms with Gasteiger partial charge in [-0.25, -0.2) is 0 Å². The van der Waals surface area contributed by atoms with Crippen molar-refractivity contribution in [2.24, 2.45) is 0 Å². The van der Waals surface area contributed by atoms with Gasteiger partial charge in [0.05, 0.1) is 12.5 Å². The molecule has 0 amide bonds. The number of carbonyl (C=O) groups is 1. The number of carbonyl (C=O) groups excluding carboxylic acids is 1. The maximum atomic E-state index is 12.0. The van der Waals surface area contributed by atoms with Crippen LogP contribution in [0, 0.1) is 13.8 Å². The lowest BCUT2D eigenvalue weighted by atomic mass is 9.90. The van der Waals surface area contributed by atoms with Crippen LogP contribution in [0.2, 0.25) is 0 Å². The standard InChI is InChI=1S/C15H22O2/c1-5-7-13(15(16)17-6-2)14-10-11(3)8-9-12(14)4/h8-10,13H,5-7H2,1-4H3. The van der Waals surface area contributed by atoms with Crippen molar-refractivity contribution < 1.29 is 9.53 Å². The Morgan fingerprint density at radius 2 is 2.00 bits per heavy atom. The third kappa shape index (κ3) is 3.58. The first-order valence-electron chi connectivity index (χ1n) is 6.33. The average molecular weight is 234 g/mol. The zero-order valence-corrected chi connectivity index (χ0v) is 11.2. The molecule has 94 valence electrons. The Kier molecular flexibility index (Phi) is 5.20. The molecule has 1 atom stereocenters. The molecule has 0 aliphatic heterocycles. The zero-order valence-electron chi connectivity index (χ0n) is 11.2. The van der Waals surface area contributed by atoms with E-state index in [4.69, 9.17) is 4.74 Å². The zero-order chi connectivity index (χ0) is 12.8. The SMILES string of the molecule is CCCC(C(=O)OCC)c1cc(C)ccc1C. The molecule has 1 unspecified atom stereocenters. The second-order valence-corrected chi connectivity index (χ2v) is 4.45. The molecule has 0 N–H and O–H groups in total. The number of rotatable bonds is 5. The van der Waals surface area contributed by atoms with E-state index >= 15 is 0 Å². The molecule has 0 heterocycles. The van der Waals surface area contributed by atoms with E-state index in [0.717, 1.165) is 18.4 Å². The lowest BCUT2D eigenvalue weighted by Gasteiger charge is -2.18. The molecular formula is C15H22O2. The van der Waals surface area contributed by atoms with Gasteiger partial charge in [-0.15, -0.1) is 0 Å². The van der Waals surface area contributed by atoms with Crippen molar-refractivity contribution in [3.05, 3.63) is 34.9 Å². The number of ether oxygens (including phenoxy) is 1. The van der Waals surface area contributed by atoms with Crippen molar-refractivity contribution in [2.75, 3.05) is 6.61 Å². The van der Waals surface area contributed by atoms with Gasteiger partial charge in [0.2, 0.25) is 0 Å². The quantitative estimate of drug-likeness (QED) is 0.725. The van der Waals surface area contributed by atoms with Crippen LogP contribution in [0.1, 0.15) is 49.3 Å². The average Bonchev–Trinajstić information content (AvgIpc) is 2.30. The third-order valence-electron chi connectivity index (χ3n) is 2.96. The van der Waals surface area contributed by atoms with E-state index in [1.807, 2.05) is 6.92 Å². The highest BCUT2D eigenvalue weighted by molar-refractivity contribution is 5.78. The predicted octanol–water partition coefficient (Wildman–Crippen LogP) is 3.75. The molecule has 1 rings (SSSR count). The maximum absolute atomic E-state index is 12.0. The summed E-state index contributed by atoms with van der Waals surface area (Å²) in [6.07, 6.45) is 1.83. The number of hydrogen-bond donors (Lipinski definition) is 0. The topological polar surface area (TPSA) is 26.3 Å². The molecule has 0 fully saturated rings. The fraction of sp³-hybridized carbons (Fsp3) is 0.533. The van der Waals surface area contributed by atoms with Crippen LogP contribution in [0.4, 0.5) is 0 Å². The first-order chi connectivity index (χ1) is 8.10. The van der Waals surface area contributed by atoms with Crippen molar-refractivity contribution >= 4 is 5.97 Å². The molecular weight excluding hydrogens is 212 g/mol. The summed E-state index contributed by atoms with van der Waals surface area (Å²) in [6, 6.07) is 6.26. The van der Waals surface area contributed by atoms with Crippen LogP contribution in [0.3, 0.4) is 0 Å².